The molecule has 0 aliphatic heterocycles. The Morgan fingerprint density at radius 1 is 1.47 bits per heavy atom. The summed E-state index contributed by atoms with van der Waals surface area (Å²) in [5.74, 6) is 6.17. The van der Waals surface area contributed by atoms with Crippen LogP contribution in [-0.4, -0.2) is 11.0 Å². The summed E-state index contributed by atoms with van der Waals surface area (Å²) in [4.78, 5) is 4.14. The Morgan fingerprint density at radius 3 is 2.73 bits per heavy atom. The summed E-state index contributed by atoms with van der Waals surface area (Å²) in [6, 6.07) is 2.40. The van der Waals surface area contributed by atoms with Gasteiger partial charge in [-0.2, -0.15) is 0 Å². The molecule has 84 valence electrons. The maximum atomic E-state index is 5.52. The van der Waals surface area contributed by atoms with Gasteiger partial charge in [0, 0.05) is 22.9 Å². The lowest BCUT2D eigenvalue weighted by Crippen LogP contribution is -2.37. The van der Waals surface area contributed by atoms with Gasteiger partial charge >= 0.3 is 0 Å². The van der Waals surface area contributed by atoms with Crippen molar-refractivity contribution < 1.29 is 0 Å². The minimum atomic E-state index is 0.320. The predicted octanol–water partition coefficient (Wildman–Crippen LogP) is 2.26. The van der Waals surface area contributed by atoms with E-state index >= 15 is 0 Å². The van der Waals surface area contributed by atoms with Crippen molar-refractivity contribution in [2.45, 2.75) is 32.7 Å². The van der Waals surface area contributed by atoms with E-state index in [1.165, 1.54) is 5.56 Å². The van der Waals surface area contributed by atoms with Crippen LogP contribution in [0.3, 0.4) is 0 Å². The van der Waals surface area contributed by atoms with E-state index in [1.807, 2.05) is 6.20 Å². The molecular weight excluding hydrogens is 254 g/mol. The molecule has 3 nitrogen and oxygen atoms in total. The monoisotopic (exact) mass is 271 g/mol. The molecule has 1 aromatic rings. The number of hydrogen-bond donors (Lipinski definition) is 2. The van der Waals surface area contributed by atoms with E-state index in [1.54, 1.807) is 6.20 Å². The predicted molar refractivity (Wildman–Crippen MR) is 66.2 cm³/mol. The summed E-state index contributed by atoms with van der Waals surface area (Å²) in [5, 5.41) is 0. The molecule has 15 heavy (non-hydrogen) atoms. The molecule has 1 atom stereocenters. The molecule has 0 amide bonds. The van der Waals surface area contributed by atoms with Crippen LogP contribution in [0.15, 0.2) is 22.9 Å². The van der Waals surface area contributed by atoms with E-state index in [9.17, 15) is 0 Å². The van der Waals surface area contributed by atoms with Crippen molar-refractivity contribution in [2.75, 3.05) is 0 Å². The molecule has 0 aliphatic carbocycles. The molecule has 1 heterocycles. The van der Waals surface area contributed by atoms with Crippen LogP contribution in [0.2, 0.25) is 0 Å². The number of pyridine rings is 1. The van der Waals surface area contributed by atoms with Gasteiger partial charge in [0.05, 0.1) is 0 Å². The van der Waals surface area contributed by atoms with Crippen molar-refractivity contribution in [3.8, 4) is 0 Å². The topological polar surface area (TPSA) is 50.9 Å². The average Bonchev–Trinajstić information content (AvgIpc) is 2.16. The quantitative estimate of drug-likeness (QED) is 0.638. The average molecular weight is 272 g/mol. The van der Waals surface area contributed by atoms with Crippen molar-refractivity contribution in [3.63, 3.8) is 0 Å². The van der Waals surface area contributed by atoms with Gasteiger partial charge in [0.2, 0.25) is 0 Å². The first-order chi connectivity index (χ1) is 7.11. The van der Waals surface area contributed by atoms with Crippen molar-refractivity contribution >= 4 is 15.9 Å². The van der Waals surface area contributed by atoms with E-state index in [4.69, 9.17) is 5.84 Å². The molecule has 0 aliphatic rings. The van der Waals surface area contributed by atoms with Gasteiger partial charge < -0.3 is 0 Å². The zero-order valence-corrected chi connectivity index (χ0v) is 10.8. The SMILES string of the molecule is CC(C)CC(Cc1cncc(Br)c1)NN. The summed E-state index contributed by atoms with van der Waals surface area (Å²) >= 11 is 3.41. The third-order valence-corrected chi connectivity index (χ3v) is 2.67. The van der Waals surface area contributed by atoms with Gasteiger partial charge in [-0.15, -0.1) is 0 Å². The van der Waals surface area contributed by atoms with Crippen molar-refractivity contribution in [1.29, 1.82) is 0 Å². The highest BCUT2D eigenvalue weighted by molar-refractivity contribution is 9.10. The Kier molecular flexibility index (Phi) is 5.22. The van der Waals surface area contributed by atoms with Crippen LogP contribution in [-0.2, 0) is 6.42 Å². The Morgan fingerprint density at radius 2 is 2.20 bits per heavy atom. The molecule has 1 aromatic heterocycles. The van der Waals surface area contributed by atoms with E-state index in [0.29, 0.717) is 12.0 Å². The Labute approximate surface area is 99.6 Å². The van der Waals surface area contributed by atoms with E-state index < -0.39 is 0 Å². The minimum absolute atomic E-state index is 0.320. The fraction of sp³-hybridized carbons (Fsp3) is 0.545. The summed E-state index contributed by atoms with van der Waals surface area (Å²) in [5.41, 5.74) is 4.06. The standard InChI is InChI=1S/C11H18BrN3/c1-8(2)3-11(15-13)5-9-4-10(12)7-14-6-9/h4,6-8,11,15H,3,5,13H2,1-2H3. The molecule has 0 fully saturated rings. The molecule has 1 rings (SSSR count). The smallest absolute Gasteiger partial charge is 0.0410 e. The minimum Gasteiger partial charge on any atom is -0.271 e. The maximum Gasteiger partial charge on any atom is 0.0410 e. The normalized spacial score (nSPS) is 13.1. The third-order valence-electron chi connectivity index (χ3n) is 2.24. The van der Waals surface area contributed by atoms with Gasteiger partial charge in [-0.3, -0.25) is 16.3 Å². The summed E-state index contributed by atoms with van der Waals surface area (Å²) in [6.45, 7) is 4.40. The van der Waals surface area contributed by atoms with Gasteiger partial charge in [-0.05, 0) is 46.3 Å². The second-order valence-corrected chi connectivity index (χ2v) is 5.12. The molecule has 0 spiro atoms. The Bertz CT molecular complexity index is 302. The maximum absolute atomic E-state index is 5.52. The van der Waals surface area contributed by atoms with Crippen LogP contribution in [0.1, 0.15) is 25.8 Å². The first-order valence-electron chi connectivity index (χ1n) is 5.17. The van der Waals surface area contributed by atoms with Gasteiger partial charge in [-0.1, -0.05) is 13.8 Å². The number of rotatable bonds is 5. The number of halogens is 1. The van der Waals surface area contributed by atoms with Crippen molar-refractivity contribution in [3.05, 3.63) is 28.5 Å². The fourth-order valence-corrected chi connectivity index (χ4v) is 2.04. The first-order valence-corrected chi connectivity index (χ1v) is 5.96. The van der Waals surface area contributed by atoms with E-state index in [-0.39, 0.29) is 0 Å². The second-order valence-electron chi connectivity index (χ2n) is 4.21. The number of nitrogens with two attached hydrogens (primary N) is 1. The number of hydrogen-bond acceptors (Lipinski definition) is 3. The Balaban J connectivity index is 2.58. The van der Waals surface area contributed by atoms with Gasteiger partial charge in [0.25, 0.3) is 0 Å². The largest absolute Gasteiger partial charge is 0.271 e. The zero-order chi connectivity index (χ0) is 11.3. The van der Waals surface area contributed by atoms with Crippen LogP contribution in [0, 0.1) is 5.92 Å². The van der Waals surface area contributed by atoms with Crippen LogP contribution in [0.4, 0.5) is 0 Å². The number of hydrazine groups is 1. The zero-order valence-electron chi connectivity index (χ0n) is 9.20. The van der Waals surface area contributed by atoms with Gasteiger partial charge in [0.1, 0.15) is 0 Å². The molecule has 0 saturated heterocycles. The van der Waals surface area contributed by atoms with Crippen LogP contribution in [0.5, 0.6) is 0 Å². The molecular formula is C11H18BrN3. The van der Waals surface area contributed by atoms with Crippen molar-refractivity contribution in [1.82, 2.24) is 10.4 Å². The van der Waals surface area contributed by atoms with Gasteiger partial charge in [0.15, 0.2) is 0 Å². The lowest BCUT2D eigenvalue weighted by molar-refractivity contribution is 0.423. The highest BCUT2D eigenvalue weighted by Gasteiger charge is 2.10. The molecule has 0 saturated carbocycles. The van der Waals surface area contributed by atoms with E-state index in [0.717, 1.165) is 17.3 Å². The summed E-state index contributed by atoms with van der Waals surface area (Å²) in [7, 11) is 0. The van der Waals surface area contributed by atoms with Gasteiger partial charge in [-0.25, -0.2) is 0 Å². The number of nitrogens with one attached hydrogen (secondary N) is 1. The lowest BCUT2D eigenvalue weighted by atomic mass is 9.99. The van der Waals surface area contributed by atoms with Crippen LogP contribution in [0.25, 0.3) is 0 Å². The van der Waals surface area contributed by atoms with Crippen LogP contribution >= 0.6 is 15.9 Å². The molecule has 1 unspecified atom stereocenters. The molecule has 0 bridgehead atoms. The number of nitrogens with zero attached hydrogens (tertiary/aromatic N) is 1. The highest BCUT2D eigenvalue weighted by Crippen LogP contribution is 2.13. The summed E-state index contributed by atoms with van der Waals surface area (Å²) in [6.07, 6.45) is 5.66. The third kappa shape index (κ3) is 4.73. The number of aromatic nitrogens is 1. The first kappa shape index (κ1) is 12.6. The second kappa shape index (κ2) is 6.20. The lowest BCUT2D eigenvalue weighted by Gasteiger charge is -2.17. The molecule has 4 heteroatoms. The molecule has 3 N–H and O–H groups in total. The molecule has 0 radical (unpaired) electrons. The van der Waals surface area contributed by atoms with Crippen LogP contribution < -0.4 is 11.3 Å². The Hall–Kier alpha value is -0.450. The fourth-order valence-electron chi connectivity index (χ4n) is 1.63. The highest BCUT2D eigenvalue weighted by atomic mass is 79.9. The molecule has 0 aromatic carbocycles. The van der Waals surface area contributed by atoms with E-state index in [2.05, 4.69) is 46.3 Å². The van der Waals surface area contributed by atoms with Crippen molar-refractivity contribution in [2.24, 2.45) is 11.8 Å². The summed E-state index contributed by atoms with van der Waals surface area (Å²) < 4.78 is 1.01.